The average molecular weight is 253 g/mol. The number of aliphatic carboxylic acids is 1. The van der Waals surface area contributed by atoms with E-state index in [1.165, 1.54) is 32.1 Å². The number of carboxylic acid groups (broad SMARTS) is 1. The van der Waals surface area contributed by atoms with Crippen LogP contribution in [0.2, 0.25) is 0 Å². The van der Waals surface area contributed by atoms with E-state index >= 15 is 0 Å². The molecular formula is C15H27NO2. The van der Waals surface area contributed by atoms with Crippen molar-refractivity contribution in [3.63, 3.8) is 0 Å². The van der Waals surface area contributed by atoms with Gasteiger partial charge in [0.15, 0.2) is 0 Å². The SMILES string of the molecule is CC1CC(C)CC(N2CCCCC2CC(=O)O)C1. The summed E-state index contributed by atoms with van der Waals surface area (Å²) in [6.45, 7) is 5.81. The van der Waals surface area contributed by atoms with Crippen LogP contribution in [0.4, 0.5) is 0 Å². The Labute approximate surface area is 111 Å². The second kappa shape index (κ2) is 6.05. The van der Waals surface area contributed by atoms with E-state index in [4.69, 9.17) is 5.11 Å². The van der Waals surface area contributed by atoms with Crippen LogP contribution in [0.5, 0.6) is 0 Å². The summed E-state index contributed by atoms with van der Waals surface area (Å²) in [6.07, 6.45) is 7.72. The number of nitrogens with zero attached hydrogens (tertiary/aromatic N) is 1. The quantitative estimate of drug-likeness (QED) is 0.840. The summed E-state index contributed by atoms with van der Waals surface area (Å²) >= 11 is 0. The Morgan fingerprint density at radius 2 is 1.83 bits per heavy atom. The van der Waals surface area contributed by atoms with Crippen LogP contribution in [0, 0.1) is 11.8 Å². The predicted molar refractivity (Wildman–Crippen MR) is 72.6 cm³/mol. The Kier molecular flexibility index (Phi) is 4.66. The zero-order chi connectivity index (χ0) is 13.1. The van der Waals surface area contributed by atoms with Crippen molar-refractivity contribution in [1.29, 1.82) is 0 Å². The van der Waals surface area contributed by atoms with Gasteiger partial charge in [0.25, 0.3) is 0 Å². The zero-order valence-electron chi connectivity index (χ0n) is 11.8. The third-order valence-electron chi connectivity index (χ3n) is 4.71. The van der Waals surface area contributed by atoms with E-state index in [1.54, 1.807) is 0 Å². The van der Waals surface area contributed by atoms with Gasteiger partial charge in [-0.2, -0.15) is 0 Å². The van der Waals surface area contributed by atoms with Crippen molar-refractivity contribution in [1.82, 2.24) is 4.90 Å². The first kappa shape index (κ1) is 13.9. The molecule has 3 atom stereocenters. The highest BCUT2D eigenvalue weighted by Gasteiger charge is 2.34. The number of likely N-dealkylation sites (tertiary alicyclic amines) is 1. The van der Waals surface area contributed by atoms with Gasteiger partial charge in [-0.1, -0.05) is 20.3 Å². The molecule has 1 saturated carbocycles. The summed E-state index contributed by atoms with van der Waals surface area (Å²) in [6, 6.07) is 0.923. The summed E-state index contributed by atoms with van der Waals surface area (Å²) < 4.78 is 0. The van der Waals surface area contributed by atoms with Crippen LogP contribution in [0.1, 0.15) is 58.8 Å². The third-order valence-corrected chi connectivity index (χ3v) is 4.71. The molecule has 104 valence electrons. The summed E-state index contributed by atoms with van der Waals surface area (Å²) in [4.78, 5) is 13.5. The molecular weight excluding hydrogens is 226 g/mol. The molecule has 3 nitrogen and oxygen atoms in total. The highest BCUT2D eigenvalue weighted by atomic mass is 16.4. The lowest BCUT2D eigenvalue weighted by atomic mass is 9.78. The topological polar surface area (TPSA) is 40.5 Å². The Balaban J connectivity index is 2.01. The third kappa shape index (κ3) is 3.47. The van der Waals surface area contributed by atoms with Crippen molar-refractivity contribution >= 4 is 5.97 Å². The molecule has 1 N–H and O–H groups in total. The molecule has 0 aromatic heterocycles. The molecule has 3 heteroatoms. The van der Waals surface area contributed by atoms with Crippen LogP contribution in [0.3, 0.4) is 0 Å². The number of hydrogen-bond acceptors (Lipinski definition) is 2. The second-order valence-electron chi connectivity index (χ2n) is 6.56. The van der Waals surface area contributed by atoms with E-state index in [-0.39, 0.29) is 0 Å². The fourth-order valence-corrected chi connectivity index (χ4v) is 4.10. The van der Waals surface area contributed by atoms with Crippen LogP contribution in [0.25, 0.3) is 0 Å². The number of carboxylic acids is 1. The first-order valence-corrected chi connectivity index (χ1v) is 7.53. The zero-order valence-corrected chi connectivity index (χ0v) is 11.8. The van der Waals surface area contributed by atoms with E-state index in [1.807, 2.05) is 0 Å². The van der Waals surface area contributed by atoms with E-state index in [0.29, 0.717) is 18.5 Å². The van der Waals surface area contributed by atoms with Gasteiger partial charge in [0, 0.05) is 12.1 Å². The van der Waals surface area contributed by atoms with Crippen molar-refractivity contribution in [3.8, 4) is 0 Å². The summed E-state index contributed by atoms with van der Waals surface area (Å²) in [7, 11) is 0. The fraction of sp³-hybridized carbons (Fsp3) is 0.933. The molecule has 1 saturated heterocycles. The molecule has 0 bridgehead atoms. The Bertz CT molecular complexity index is 282. The van der Waals surface area contributed by atoms with Crippen molar-refractivity contribution < 1.29 is 9.90 Å². The molecule has 0 spiro atoms. The molecule has 0 radical (unpaired) electrons. The molecule has 1 heterocycles. The lowest BCUT2D eigenvalue weighted by Gasteiger charge is -2.45. The minimum atomic E-state index is -0.635. The first-order valence-electron chi connectivity index (χ1n) is 7.53. The molecule has 1 aliphatic heterocycles. The minimum absolute atomic E-state index is 0.291. The maximum Gasteiger partial charge on any atom is 0.304 e. The van der Waals surface area contributed by atoms with Gasteiger partial charge in [0.1, 0.15) is 0 Å². The smallest absolute Gasteiger partial charge is 0.304 e. The van der Waals surface area contributed by atoms with Crippen molar-refractivity contribution in [2.24, 2.45) is 11.8 Å². The number of rotatable bonds is 3. The molecule has 0 aromatic carbocycles. The van der Waals surface area contributed by atoms with Crippen LogP contribution < -0.4 is 0 Å². The van der Waals surface area contributed by atoms with Crippen LogP contribution >= 0.6 is 0 Å². The van der Waals surface area contributed by atoms with Gasteiger partial charge in [0.2, 0.25) is 0 Å². The Morgan fingerprint density at radius 1 is 1.17 bits per heavy atom. The molecule has 0 aromatic rings. The summed E-state index contributed by atoms with van der Waals surface area (Å²) in [5.74, 6) is 0.959. The molecule has 18 heavy (non-hydrogen) atoms. The summed E-state index contributed by atoms with van der Waals surface area (Å²) in [5, 5.41) is 9.06. The minimum Gasteiger partial charge on any atom is -0.481 e. The van der Waals surface area contributed by atoms with E-state index < -0.39 is 5.97 Å². The van der Waals surface area contributed by atoms with Crippen LogP contribution in [-0.4, -0.2) is 34.6 Å². The van der Waals surface area contributed by atoms with Crippen molar-refractivity contribution in [2.45, 2.75) is 70.9 Å². The molecule has 3 unspecified atom stereocenters. The number of carbonyl (C=O) groups is 1. The Hall–Kier alpha value is -0.570. The largest absolute Gasteiger partial charge is 0.481 e. The first-order chi connectivity index (χ1) is 8.56. The van der Waals surface area contributed by atoms with Crippen LogP contribution in [-0.2, 0) is 4.79 Å². The van der Waals surface area contributed by atoms with Gasteiger partial charge in [0.05, 0.1) is 6.42 Å². The molecule has 1 aliphatic carbocycles. The highest BCUT2D eigenvalue weighted by Crippen LogP contribution is 2.35. The average Bonchev–Trinajstić information content (AvgIpc) is 2.27. The Morgan fingerprint density at radius 3 is 2.44 bits per heavy atom. The normalized spacial score (nSPS) is 38.6. The van der Waals surface area contributed by atoms with Crippen LogP contribution in [0.15, 0.2) is 0 Å². The molecule has 2 fully saturated rings. The lowest BCUT2D eigenvalue weighted by molar-refractivity contribution is -0.139. The maximum atomic E-state index is 11.0. The fourth-order valence-electron chi connectivity index (χ4n) is 4.10. The van der Waals surface area contributed by atoms with E-state index in [2.05, 4.69) is 18.7 Å². The van der Waals surface area contributed by atoms with Gasteiger partial charge in [-0.15, -0.1) is 0 Å². The van der Waals surface area contributed by atoms with Crippen molar-refractivity contribution in [3.05, 3.63) is 0 Å². The second-order valence-corrected chi connectivity index (χ2v) is 6.56. The maximum absolute atomic E-state index is 11.0. The number of hydrogen-bond donors (Lipinski definition) is 1. The molecule has 2 rings (SSSR count). The number of piperidine rings is 1. The van der Waals surface area contributed by atoms with Crippen molar-refractivity contribution in [2.75, 3.05) is 6.54 Å². The lowest BCUT2D eigenvalue weighted by Crippen LogP contribution is -2.49. The summed E-state index contributed by atoms with van der Waals surface area (Å²) in [5.41, 5.74) is 0. The monoisotopic (exact) mass is 253 g/mol. The van der Waals surface area contributed by atoms with E-state index in [0.717, 1.165) is 24.8 Å². The standard InChI is InChI=1S/C15H27NO2/c1-11-7-12(2)9-14(8-11)16-6-4-3-5-13(16)10-15(17)18/h11-14H,3-10H2,1-2H3,(H,17,18). The predicted octanol–water partition coefficient (Wildman–Crippen LogP) is 3.14. The molecule has 2 aliphatic rings. The van der Waals surface area contributed by atoms with E-state index in [9.17, 15) is 4.79 Å². The van der Waals surface area contributed by atoms with Gasteiger partial charge >= 0.3 is 5.97 Å². The van der Waals surface area contributed by atoms with Gasteiger partial charge in [-0.3, -0.25) is 9.69 Å². The van der Waals surface area contributed by atoms with Gasteiger partial charge in [-0.05, 0) is 50.5 Å². The van der Waals surface area contributed by atoms with Gasteiger partial charge in [-0.25, -0.2) is 0 Å². The molecule has 0 amide bonds. The highest BCUT2D eigenvalue weighted by molar-refractivity contribution is 5.67. The van der Waals surface area contributed by atoms with Gasteiger partial charge < -0.3 is 5.11 Å².